The molecule has 0 fully saturated rings. The summed E-state index contributed by atoms with van der Waals surface area (Å²) in [5.74, 6) is 4.48. The molecule has 0 atom stereocenters. The maximum absolute atomic E-state index is 12.2. The lowest BCUT2D eigenvalue weighted by atomic mass is 10.1. The van der Waals surface area contributed by atoms with Gasteiger partial charge in [0.15, 0.2) is 5.13 Å². The molecule has 7 nitrogen and oxygen atoms in total. The van der Waals surface area contributed by atoms with Gasteiger partial charge < -0.3 is 5.32 Å². The number of carbonyl (C=O) groups excluding carboxylic acids is 2. The van der Waals surface area contributed by atoms with E-state index in [1.54, 1.807) is 24.4 Å². The van der Waals surface area contributed by atoms with Crippen LogP contribution in [0.25, 0.3) is 0 Å². The monoisotopic (exact) mass is 319 g/mol. The Morgan fingerprint density at radius 1 is 1.32 bits per heavy atom. The first-order valence-electron chi connectivity index (χ1n) is 6.57. The summed E-state index contributed by atoms with van der Waals surface area (Å²) in [4.78, 5) is 28.4. The molecule has 1 aromatic carbocycles. The molecule has 0 unspecified atom stereocenters. The van der Waals surface area contributed by atoms with Crippen LogP contribution in [-0.2, 0) is 4.79 Å². The van der Waals surface area contributed by atoms with Crippen LogP contribution in [0.1, 0.15) is 20.8 Å². The minimum Gasteiger partial charge on any atom is -0.376 e. The summed E-state index contributed by atoms with van der Waals surface area (Å²) in [7, 11) is 0. The molecular weight excluding hydrogens is 302 g/mol. The zero-order valence-electron chi connectivity index (χ0n) is 12.3. The zero-order valence-corrected chi connectivity index (χ0v) is 13.1. The van der Waals surface area contributed by atoms with Gasteiger partial charge in [-0.1, -0.05) is 0 Å². The van der Waals surface area contributed by atoms with E-state index in [1.165, 1.54) is 11.3 Å². The van der Waals surface area contributed by atoms with Crippen molar-refractivity contribution in [3.8, 4) is 0 Å². The van der Waals surface area contributed by atoms with Crippen LogP contribution in [0.2, 0.25) is 0 Å². The van der Waals surface area contributed by atoms with Crippen molar-refractivity contribution in [2.24, 2.45) is 5.84 Å². The molecule has 2 amide bonds. The first kappa shape index (κ1) is 15.9. The van der Waals surface area contributed by atoms with Gasteiger partial charge in [0.2, 0.25) is 0 Å². The fourth-order valence-corrected chi connectivity index (χ4v) is 2.50. The molecule has 116 valence electrons. The first-order chi connectivity index (χ1) is 10.5. The average Bonchev–Trinajstić information content (AvgIpc) is 2.89. The molecule has 0 spiro atoms. The van der Waals surface area contributed by atoms with Crippen LogP contribution >= 0.6 is 11.3 Å². The van der Waals surface area contributed by atoms with Gasteiger partial charge in [-0.05, 0) is 37.6 Å². The van der Waals surface area contributed by atoms with Crippen LogP contribution in [0.5, 0.6) is 0 Å². The van der Waals surface area contributed by atoms with E-state index >= 15 is 0 Å². The zero-order chi connectivity index (χ0) is 16.1. The summed E-state index contributed by atoms with van der Waals surface area (Å²) < 4.78 is 0. The molecule has 8 heteroatoms. The lowest BCUT2D eigenvalue weighted by Gasteiger charge is -2.09. The number of thiazole rings is 1. The number of carbonyl (C=O) groups is 2. The molecule has 0 bridgehead atoms. The van der Waals surface area contributed by atoms with Gasteiger partial charge in [-0.15, -0.1) is 11.3 Å². The van der Waals surface area contributed by atoms with Crippen molar-refractivity contribution in [3.63, 3.8) is 0 Å². The van der Waals surface area contributed by atoms with Crippen LogP contribution in [0, 0.1) is 13.8 Å². The number of benzene rings is 1. The van der Waals surface area contributed by atoms with Gasteiger partial charge in [-0.25, -0.2) is 10.8 Å². The van der Waals surface area contributed by atoms with Gasteiger partial charge in [0.05, 0.1) is 6.54 Å². The van der Waals surface area contributed by atoms with Crippen molar-refractivity contribution in [2.75, 3.05) is 17.2 Å². The summed E-state index contributed by atoms with van der Waals surface area (Å²) in [6.07, 6.45) is 1.71. The Hall–Kier alpha value is -2.45. The molecule has 2 aromatic rings. The maximum Gasteiger partial charge on any atom is 0.257 e. The number of aryl methyl sites for hydroxylation is 2. The Morgan fingerprint density at radius 2 is 2.09 bits per heavy atom. The standard InChI is InChI=1S/C14H17N5O2S/c1-8-5-10(16-7-12(20)19-15)3-4-11(8)13(21)18-14-17-6-9(2)22-14/h3-6,16H,7,15H2,1-2H3,(H,19,20)(H,17,18,21). The van der Waals surface area contributed by atoms with E-state index in [0.717, 1.165) is 16.1 Å². The van der Waals surface area contributed by atoms with E-state index in [-0.39, 0.29) is 18.4 Å². The number of hydrazine groups is 1. The van der Waals surface area contributed by atoms with Gasteiger partial charge >= 0.3 is 0 Å². The number of rotatable bonds is 5. The van der Waals surface area contributed by atoms with Gasteiger partial charge in [0, 0.05) is 22.3 Å². The third kappa shape index (κ3) is 4.03. The third-order valence-corrected chi connectivity index (χ3v) is 3.76. The Morgan fingerprint density at radius 3 is 2.68 bits per heavy atom. The van der Waals surface area contributed by atoms with Crippen LogP contribution in [0.15, 0.2) is 24.4 Å². The van der Waals surface area contributed by atoms with Crippen LogP contribution in [0.3, 0.4) is 0 Å². The predicted molar refractivity (Wildman–Crippen MR) is 86.8 cm³/mol. The molecule has 0 radical (unpaired) electrons. The second kappa shape index (κ2) is 7.01. The second-order valence-corrected chi connectivity index (χ2v) is 5.92. The lowest BCUT2D eigenvalue weighted by Crippen LogP contribution is -2.35. The topological polar surface area (TPSA) is 109 Å². The highest BCUT2D eigenvalue weighted by Crippen LogP contribution is 2.20. The summed E-state index contributed by atoms with van der Waals surface area (Å²) >= 11 is 1.42. The van der Waals surface area contributed by atoms with Crippen molar-refractivity contribution in [2.45, 2.75) is 13.8 Å². The molecule has 5 N–H and O–H groups in total. The summed E-state index contributed by atoms with van der Waals surface area (Å²) in [6.45, 7) is 3.83. The van der Waals surface area contributed by atoms with Crippen LogP contribution in [0.4, 0.5) is 10.8 Å². The highest BCUT2D eigenvalue weighted by atomic mass is 32.1. The number of amides is 2. The van der Waals surface area contributed by atoms with E-state index < -0.39 is 0 Å². The molecule has 0 saturated carbocycles. The lowest BCUT2D eigenvalue weighted by molar-refractivity contribution is -0.119. The number of aromatic nitrogens is 1. The van der Waals surface area contributed by atoms with Crippen molar-refractivity contribution < 1.29 is 9.59 Å². The fourth-order valence-electron chi connectivity index (χ4n) is 1.84. The molecule has 0 saturated heterocycles. The minimum absolute atomic E-state index is 0.0693. The van der Waals surface area contributed by atoms with Crippen molar-refractivity contribution in [1.29, 1.82) is 0 Å². The third-order valence-electron chi connectivity index (χ3n) is 2.93. The molecule has 22 heavy (non-hydrogen) atoms. The Bertz CT molecular complexity index is 698. The van der Waals surface area contributed by atoms with Crippen LogP contribution < -0.4 is 21.9 Å². The van der Waals surface area contributed by atoms with Crippen molar-refractivity contribution >= 4 is 34.0 Å². The van der Waals surface area contributed by atoms with E-state index in [1.807, 2.05) is 19.3 Å². The number of nitrogens with one attached hydrogen (secondary N) is 3. The number of hydrogen-bond acceptors (Lipinski definition) is 6. The highest BCUT2D eigenvalue weighted by Gasteiger charge is 2.11. The van der Waals surface area contributed by atoms with E-state index in [0.29, 0.717) is 10.7 Å². The quantitative estimate of drug-likeness (QED) is 0.378. The van der Waals surface area contributed by atoms with Gasteiger partial charge in [-0.2, -0.15) is 0 Å². The highest BCUT2D eigenvalue weighted by molar-refractivity contribution is 7.15. The smallest absolute Gasteiger partial charge is 0.257 e. The van der Waals surface area contributed by atoms with Crippen molar-refractivity contribution in [3.05, 3.63) is 40.4 Å². The normalized spacial score (nSPS) is 10.1. The Kier molecular flexibility index (Phi) is 5.08. The van der Waals surface area contributed by atoms with Gasteiger partial charge in [0.1, 0.15) is 0 Å². The molecule has 1 aromatic heterocycles. The summed E-state index contributed by atoms with van der Waals surface area (Å²) in [6, 6.07) is 5.23. The van der Waals surface area contributed by atoms with E-state index in [9.17, 15) is 9.59 Å². The molecule has 0 aliphatic carbocycles. The molecule has 1 heterocycles. The Balaban J connectivity index is 2.05. The molecule has 0 aliphatic heterocycles. The van der Waals surface area contributed by atoms with Gasteiger partial charge in [0.25, 0.3) is 11.8 Å². The molecule has 2 rings (SSSR count). The Labute approximate surface area is 131 Å². The predicted octanol–water partition coefficient (Wildman–Crippen LogP) is 1.41. The fraction of sp³-hybridized carbons (Fsp3) is 0.214. The second-order valence-electron chi connectivity index (χ2n) is 4.68. The van der Waals surface area contributed by atoms with E-state index in [2.05, 4.69) is 15.6 Å². The maximum atomic E-state index is 12.2. The van der Waals surface area contributed by atoms with Crippen LogP contribution in [-0.4, -0.2) is 23.3 Å². The van der Waals surface area contributed by atoms with Gasteiger partial charge in [-0.3, -0.25) is 20.3 Å². The minimum atomic E-state index is -0.321. The molecular formula is C14H17N5O2S. The SMILES string of the molecule is Cc1cnc(NC(=O)c2ccc(NCC(=O)NN)cc2C)s1. The molecule has 0 aliphatic rings. The number of hydrogen-bond donors (Lipinski definition) is 4. The van der Waals surface area contributed by atoms with Crippen molar-refractivity contribution in [1.82, 2.24) is 10.4 Å². The summed E-state index contributed by atoms with van der Waals surface area (Å²) in [5, 5.41) is 6.26. The number of nitrogens with two attached hydrogens (primary N) is 1. The van der Waals surface area contributed by atoms with E-state index in [4.69, 9.17) is 5.84 Å². The largest absolute Gasteiger partial charge is 0.376 e. The average molecular weight is 319 g/mol. The number of nitrogens with zero attached hydrogens (tertiary/aromatic N) is 1. The first-order valence-corrected chi connectivity index (χ1v) is 7.39. The summed E-state index contributed by atoms with van der Waals surface area (Å²) in [5.41, 5.74) is 4.13. The number of anilines is 2.